The summed E-state index contributed by atoms with van der Waals surface area (Å²) >= 11 is 0. The first-order valence-corrected chi connectivity index (χ1v) is 2.92. The summed E-state index contributed by atoms with van der Waals surface area (Å²) in [7, 11) is 0. The molecule has 3 N–H and O–H groups in total. The van der Waals surface area contributed by atoms with Crippen molar-refractivity contribution < 1.29 is 5.11 Å². The fourth-order valence-corrected chi connectivity index (χ4v) is 0.555. The van der Waals surface area contributed by atoms with Gasteiger partial charge in [-0.2, -0.15) is 0 Å². The third-order valence-corrected chi connectivity index (χ3v) is 1.14. The van der Waals surface area contributed by atoms with Crippen LogP contribution >= 0.6 is 0 Å². The lowest BCUT2D eigenvalue weighted by atomic mass is 10.3. The molecule has 54 valence electrons. The van der Waals surface area contributed by atoms with Crippen molar-refractivity contribution >= 4 is 0 Å². The van der Waals surface area contributed by atoms with Gasteiger partial charge in [-0.15, -0.1) is 0 Å². The van der Waals surface area contributed by atoms with Crippen LogP contribution in [0.1, 0.15) is 17.6 Å². The number of hydrogen-bond acceptors (Lipinski definition) is 4. The van der Waals surface area contributed by atoms with E-state index in [1.54, 1.807) is 6.92 Å². The zero-order valence-corrected chi connectivity index (χ0v) is 5.65. The van der Waals surface area contributed by atoms with Crippen molar-refractivity contribution in [3.8, 4) is 0 Å². The lowest BCUT2D eigenvalue weighted by molar-refractivity contribution is 0.185. The summed E-state index contributed by atoms with van der Waals surface area (Å²) in [5.74, 6) is 0.671. The maximum absolute atomic E-state index is 8.81. The van der Waals surface area contributed by atoms with Gasteiger partial charge in [0.1, 0.15) is 12.1 Å². The molecule has 0 spiro atoms. The number of nitrogens with zero attached hydrogens (tertiary/aromatic N) is 2. The number of aromatic nitrogens is 2. The Morgan fingerprint density at radius 3 is 2.40 bits per heavy atom. The summed E-state index contributed by atoms with van der Waals surface area (Å²) in [6, 6.07) is 0. The number of rotatable bonds is 1. The van der Waals surface area contributed by atoms with Gasteiger partial charge >= 0.3 is 0 Å². The molecule has 0 saturated carbocycles. The van der Waals surface area contributed by atoms with Gasteiger partial charge < -0.3 is 10.8 Å². The Morgan fingerprint density at radius 2 is 2.00 bits per heavy atom. The lowest BCUT2D eigenvalue weighted by Gasteiger charge is -2.01. The molecule has 0 aliphatic carbocycles. The Bertz CT molecular complexity index is 207. The van der Waals surface area contributed by atoms with Crippen LogP contribution in [0.25, 0.3) is 0 Å². The molecular weight excluding hydrogens is 130 g/mol. The standard InChI is InChI=1S/C6H9N3O/c1-4-8-2-5(3-9-4)6(7)10/h2-3,6,10H,7H2,1H3/t6-/m1/s1. The number of nitrogens with two attached hydrogens (primary N) is 1. The van der Waals surface area contributed by atoms with Crippen molar-refractivity contribution in [2.75, 3.05) is 0 Å². The van der Waals surface area contributed by atoms with Gasteiger partial charge in [-0.25, -0.2) is 9.97 Å². The highest BCUT2D eigenvalue weighted by Gasteiger charge is 1.99. The van der Waals surface area contributed by atoms with Gasteiger partial charge in [0, 0.05) is 18.0 Å². The zero-order valence-electron chi connectivity index (χ0n) is 5.65. The van der Waals surface area contributed by atoms with Crippen molar-refractivity contribution in [2.24, 2.45) is 5.73 Å². The highest BCUT2D eigenvalue weighted by molar-refractivity contribution is 5.06. The first-order chi connectivity index (χ1) is 4.70. The van der Waals surface area contributed by atoms with Crippen molar-refractivity contribution in [3.05, 3.63) is 23.8 Å². The van der Waals surface area contributed by atoms with E-state index in [4.69, 9.17) is 10.8 Å². The molecule has 1 rings (SSSR count). The van der Waals surface area contributed by atoms with Crippen LogP contribution in [0, 0.1) is 6.92 Å². The maximum Gasteiger partial charge on any atom is 0.131 e. The van der Waals surface area contributed by atoms with E-state index in [1.165, 1.54) is 12.4 Å². The monoisotopic (exact) mass is 139 g/mol. The van der Waals surface area contributed by atoms with Gasteiger partial charge in [-0.05, 0) is 6.92 Å². The summed E-state index contributed by atoms with van der Waals surface area (Å²) < 4.78 is 0. The Balaban J connectivity index is 2.89. The quantitative estimate of drug-likeness (QED) is 0.525. The SMILES string of the molecule is Cc1ncc([C@H](N)O)cn1. The summed E-state index contributed by atoms with van der Waals surface area (Å²) in [4.78, 5) is 7.70. The number of aliphatic hydroxyl groups is 1. The van der Waals surface area contributed by atoms with E-state index < -0.39 is 6.23 Å². The average Bonchev–Trinajstić information content (AvgIpc) is 1.88. The predicted octanol–water partition coefficient (Wildman–Crippen LogP) is -0.265. The summed E-state index contributed by atoms with van der Waals surface area (Å²) in [6.45, 7) is 1.77. The molecule has 1 aromatic rings. The first kappa shape index (κ1) is 7.11. The molecule has 1 aromatic heterocycles. The third kappa shape index (κ3) is 1.49. The largest absolute Gasteiger partial charge is 0.374 e. The minimum atomic E-state index is -0.972. The molecule has 0 amide bonds. The Morgan fingerprint density at radius 1 is 1.50 bits per heavy atom. The van der Waals surface area contributed by atoms with Crippen LogP contribution < -0.4 is 5.73 Å². The smallest absolute Gasteiger partial charge is 0.131 e. The van der Waals surface area contributed by atoms with Crippen molar-refractivity contribution in [2.45, 2.75) is 13.2 Å². The van der Waals surface area contributed by atoms with Crippen LogP contribution in [0.2, 0.25) is 0 Å². The van der Waals surface area contributed by atoms with Gasteiger partial charge in [-0.3, -0.25) is 0 Å². The van der Waals surface area contributed by atoms with Crippen LogP contribution in [0.4, 0.5) is 0 Å². The molecule has 0 saturated heterocycles. The Hall–Kier alpha value is -1.00. The highest BCUT2D eigenvalue weighted by Crippen LogP contribution is 2.01. The minimum Gasteiger partial charge on any atom is -0.374 e. The fourth-order valence-electron chi connectivity index (χ4n) is 0.555. The van der Waals surface area contributed by atoms with Crippen LogP contribution in [0.15, 0.2) is 12.4 Å². The summed E-state index contributed by atoms with van der Waals surface area (Å²) in [5, 5.41) is 8.81. The van der Waals surface area contributed by atoms with Gasteiger partial charge in [0.15, 0.2) is 0 Å². The molecule has 0 unspecified atom stereocenters. The number of aliphatic hydroxyl groups excluding tert-OH is 1. The van der Waals surface area contributed by atoms with Crippen LogP contribution in [-0.2, 0) is 0 Å². The van der Waals surface area contributed by atoms with E-state index in [0.717, 1.165) is 0 Å². The van der Waals surface area contributed by atoms with Gasteiger partial charge in [0.05, 0.1) is 0 Å². The molecule has 0 aliphatic heterocycles. The molecule has 0 fully saturated rings. The Labute approximate surface area is 58.7 Å². The van der Waals surface area contributed by atoms with Crippen LogP contribution in [0.5, 0.6) is 0 Å². The molecule has 4 nitrogen and oxygen atoms in total. The van der Waals surface area contributed by atoms with Gasteiger partial charge in [0.2, 0.25) is 0 Å². The first-order valence-electron chi connectivity index (χ1n) is 2.92. The molecular formula is C6H9N3O. The molecule has 1 atom stereocenters. The normalized spacial score (nSPS) is 13.1. The van der Waals surface area contributed by atoms with E-state index in [-0.39, 0.29) is 0 Å². The van der Waals surface area contributed by atoms with E-state index in [0.29, 0.717) is 11.4 Å². The summed E-state index contributed by atoms with van der Waals surface area (Å²) in [6.07, 6.45) is 2.04. The topological polar surface area (TPSA) is 72.0 Å². The van der Waals surface area contributed by atoms with Gasteiger partial charge in [-0.1, -0.05) is 0 Å². The minimum absolute atomic E-state index is 0.533. The molecule has 1 heterocycles. The molecule has 4 heteroatoms. The van der Waals surface area contributed by atoms with Crippen molar-refractivity contribution in [1.29, 1.82) is 0 Å². The zero-order chi connectivity index (χ0) is 7.56. The second-order valence-electron chi connectivity index (χ2n) is 2.01. The van der Waals surface area contributed by atoms with Crippen molar-refractivity contribution in [1.82, 2.24) is 9.97 Å². The average molecular weight is 139 g/mol. The highest BCUT2D eigenvalue weighted by atomic mass is 16.3. The van der Waals surface area contributed by atoms with E-state index in [1.807, 2.05) is 0 Å². The summed E-state index contributed by atoms with van der Waals surface area (Å²) in [5.41, 5.74) is 5.67. The predicted molar refractivity (Wildman–Crippen MR) is 35.9 cm³/mol. The molecule has 0 aliphatic rings. The maximum atomic E-state index is 8.81. The van der Waals surface area contributed by atoms with Crippen molar-refractivity contribution in [3.63, 3.8) is 0 Å². The fraction of sp³-hybridized carbons (Fsp3) is 0.333. The van der Waals surface area contributed by atoms with E-state index in [9.17, 15) is 0 Å². The Kier molecular flexibility index (Phi) is 1.94. The van der Waals surface area contributed by atoms with E-state index in [2.05, 4.69) is 9.97 Å². The third-order valence-electron chi connectivity index (χ3n) is 1.14. The van der Waals surface area contributed by atoms with E-state index >= 15 is 0 Å². The van der Waals surface area contributed by atoms with Crippen LogP contribution in [0.3, 0.4) is 0 Å². The number of aryl methyl sites for hydroxylation is 1. The van der Waals surface area contributed by atoms with Crippen LogP contribution in [-0.4, -0.2) is 15.1 Å². The molecule has 0 aromatic carbocycles. The number of hydrogen-bond donors (Lipinski definition) is 2. The molecule has 0 bridgehead atoms. The molecule has 10 heavy (non-hydrogen) atoms. The van der Waals surface area contributed by atoms with Gasteiger partial charge in [0.25, 0.3) is 0 Å². The second kappa shape index (κ2) is 2.72. The lowest BCUT2D eigenvalue weighted by Crippen LogP contribution is -2.09. The second-order valence-corrected chi connectivity index (χ2v) is 2.01. The molecule has 0 radical (unpaired) electrons.